The molecule has 0 unspecified atom stereocenters. The molecule has 1 aliphatic carbocycles. The Balaban J connectivity index is 1.83. The number of carbonyl (C=O) groups is 2. The third-order valence-electron chi connectivity index (χ3n) is 4.40. The lowest BCUT2D eigenvalue weighted by atomic mass is 9.95. The summed E-state index contributed by atoms with van der Waals surface area (Å²) >= 11 is 1.29. The topological polar surface area (TPSA) is 89.5 Å². The van der Waals surface area contributed by atoms with Gasteiger partial charge in [-0.05, 0) is 62.4 Å². The Labute approximate surface area is 166 Å². The predicted octanol–water partition coefficient (Wildman–Crippen LogP) is 3.36. The highest BCUT2D eigenvalue weighted by molar-refractivity contribution is 7.92. The van der Waals surface area contributed by atoms with E-state index in [2.05, 4.69) is 5.32 Å². The molecule has 0 spiro atoms. The van der Waals surface area contributed by atoms with Crippen LogP contribution in [0.5, 0.6) is 0 Å². The molecule has 1 N–H and O–H groups in total. The van der Waals surface area contributed by atoms with E-state index in [1.165, 1.54) is 11.3 Å². The Morgan fingerprint density at radius 2 is 1.86 bits per heavy atom. The molecule has 1 aromatic carbocycles. The number of esters is 1. The van der Waals surface area contributed by atoms with Gasteiger partial charge in [0.2, 0.25) is 5.91 Å². The smallest absolute Gasteiger partial charge is 0.341 e. The Hall–Kier alpha value is -2.26. The highest BCUT2D eigenvalue weighted by Crippen LogP contribution is 2.38. The maximum atomic E-state index is 13.0. The summed E-state index contributed by atoms with van der Waals surface area (Å²) in [5.41, 5.74) is 1.21. The highest BCUT2D eigenvalue weighted by atomic mass is 32.2. The number of amides is 1. The number of anilines is 1. The van der Waals surface area contributed by atoms with E-state index in [0.717, 1.165) is 60.4 Å². The molecular weight excluding hydrogens is 405 g/mol. The molecule has 2 aromatic rings. The zero-order valence-electron chi connectivity index (χ0n) is 15.3. The zero-order chi connectivity index (χ0) is 20.3. The SMILES string of the molecule is CCOC(=O)c1c(NC(=O)CS(=O)(=O)c2ccc(F)cc2)sc2c1CCCC2. The van der Waals surface area contributed by atoms with Gasteiger partial charge in [-0.2, -0.15) is 0 Å². The first-order valence-electron chi connectivity index (χ1n) is 8.91. The van der Waals surface area contributed by atoms with Crippen molar-refractivity contribution in [3.8, 4) is 0 Å². The minimum atomic E-state index is -3.93. The molecule has 9 heteroatoms. The summed E-state index contributed by atoms with van der Waals surface area (Å²) in [5, 5.41) is 2.89. The fraction of sp³-hybridized carbons (Fsp3) is 0.368. The molecule has 0 fully saturated rings. The van der Waals surface area contributed by atoms with E-state index in [0.29, 0.717) is 10.6 Å². The fourth-order valence-corrected chi connectivity index (χ4v) is 5.56. The number of halogens is 1. The minimum absolute atomic E-state index is 0.139. The fourth-order valence-electron chi connectivity index (χ4n) is 3.13. The van der Waals surface area contributed by atoms with E-state index in [1.807, 2.05) is 0 Å². The van der Waals surface area contributed by atoms with Crippen LogP contribution in [0.2, 0.25) is 0 Å². The van der Waals surface area contributed by atoms with Gasteiger partial charge in [-0.25, -0.2) is 17.6 Å². The number of hydrogen-bond donors (Lipinski definition) is 1. The van der Waals surface area contributed by atoms with Crippen molar-refractivity contribution >= 4 is 38.1 Å². The molecule has 3 rings (SSSR count). The van der Waals surface area contributed by atoms with Crippen molar-refractivity contribution < 1.29 is 27.1 Å². The van der Waals surface area contributed by atoms with Crippen molar-refractivity contribution in [3.63, 3.8) is 0 Å². The average molecular weight is 426 g/mol. The first-order chi connectivity index (χ1) is 13.3. The molecule has 1 aromatic heterocycles. The van der Waals surface area contributed by atoms with Crippen molar-refractivity contribution in [2.24, 2.45) is 0 Å². The van der Waals surface area contributed by atoms with Crippen LogP contribution in [0, 0.1) is 5.82 Å². The first-order valence-corrected chi connectivity index (χ1v) is 11.4. The number of aryl methyl sites for hydroxylation is 1. The van der Waals surface area contributed by atoms with Gasteiger partial charge in [0.1, 0.15) is 16.6 Å². The van der Waals surface area contributed by atoms with Gasteiger partial charge in [0.25, 0.3) is 0 Å². The number of sulfone groups is 1. The summed E-state index contributed by atoms with van der Waals surface area (Å²) in [6, 6.07) is 4.28. The molecule has 150 valence electrons. The second-order valence-electron chi connectivity index (χ2n) is 6.40. The molecule has 0 saturated heterocycles. The summed E-state index contributed by atoms with van der Waals surface area (Å²) in [4.78, 5) is 25.7. The van der Waals surface area contributed by atoms with Crippen molar-refractivity contribution in [2.75, 3.05) is 17.7 Å². The Bertz CT molecular complexity index is 996. The molecular formula is C19H20FNO5S2. The Morgan fingerprint density at radius 1 is 1.18 bits per heavy atom. The van der Waals surface area contributed by atoms with Crippen molar-refractivity contribution in [1.82, 2.24) is 0 Å². The quantitative estimate of drug-likeness (QED) is 0.566. The van der Waals surface area contributed by atoms with Crippen LogP contribution in [0.1, 0.15) is 40.6 Å². The minimum Gasteiger partial charge on any atom is -0.462 e. The molecule has 1 heterocycles. The zero-order valence-corrected chi connectivity index (χ0v) is 16.9. The second kappa shape index (κ2) is 8.40. The number of rotatable bonds is 6. The van der Waals surface area contributed by atoms with Gasteiger partial charge < -0.3 is 10.1 Å². The van der Waals surface area contributed by atoms with Gasteiger partial charge in [-0.3, -0.25) is 4.79 Å². The maximum absolute atomic E-state index is 13.0. The van der Waals surface area contributed by atoms with Gasteiger partial charge >= 0.3 is 5.97 Å². The molecule has 0 bridgehead atoms. The highest BCUT2D eigenvalue weighted by Gasteiger charge is 2.28. The lowest BCUT2D eigenvalue weighted by Gasteiger charge is -2.12. The number of benzene rings is 1. The molecule has 0 aliphatic heterocycles. The van der Waals surface area contributed by atoms with Crippen LogP contribution in [-0.2, 0) is 32.2 Å². The van der Waals surface area contributed by atoms with Gasteiger partial charge in [-0.15, -0.1) is 11.3 Å². The van der Waals surface area contributed by atoms with E-state index in [9.17, 15) is 22.4 Å². The van der Waals surface area contributed by atoms with E-state index in [1.54, 1.807) is 6.92 Å². The molecule has 28 heavy (non-hydrogen) atoms. The van der Waals surface area contributed by atoms with Crippen molar-refractivity contribution in [2.45, 2.75) is 37.5 Å². The summed E-state index contributed by atoms with van der Waals surface area (Å²) in [5.74, 6) is -2.64. The molecule has 0 saturated carbocycles. The van der Waals surface area contributed by atoms with Gasteiger partial charge in [0, 0.05) is 4.88 Å². The second-order valence-corrected chi connectivity index (χ2v) is 9.49. The molecule has 6 nitrogen and oxygen atoms in total. The van der Waals surface area contributed by atoms with Crippen LogP contribution < -0.4 is 5.32 Å². The normalized spacial score (nSPS) is 13.6. The number of ether oxygens (including phenoxy) is 1. The number of fused-ring (bicyclic) bond motifs is 1. The van der Waals surface area contributed by atoms with Crippen LogP contribution in [-0.4, -0.2) is 32.7 Å². The largest absolute Gasteiger partial charge is 0.462 e. The van der Waals surface area contributed by atoms with Crippen molar-refractivity contribution in [1.29, 1.82) is 0 Å². The number of nitrogens with one attached hydrogen (secondary N) is 1. The van der Waals surface area contributed by atoms with E-state index >= 15 is 0 Å². The van der Waals surface area contributed by atoms with E-state index < -0.39 is 33.3 Å². The van der Waals surface area contributed by atoms with Crippen LogP contribution >= 0.6 is 11.3 Å². The van der Waals surface area contributed by atoms with E-state index in [4.69, 9.17) is 4.74 Å². The maximum Gasteiger partial charge on any atom is 0.341 e. The number of thiophene rings is 1. The molecule has 0 radical (unpaired) electrons. The van der Waals surface area contributed by atoms with Crippen LogP contribution in [0.4, 0.5) is 9.39 Å². The lowest BCUT2D eigenvalue weighted by molar-refractivity contribution is -0.113. The number of carbonyl (C=O) groups excluding carboxylic acids is 2. The average Bonchev–Trinajstić information content (AvgIpc) is 2.99. The summed E-state index contributed by atoms with van der Waals surface area (Å²) in [6.45, 7) is 1.90. The standard InChI is InChI=1S/C19H20FNO5S2/c1-2-26-19(23)17-14-5-3-4-6-15(14)27-18(17)21-16(22)11-28(24,25)13-9-7-12(20)8-10-13/h7-10H,2-6,11H2,1H3,(H,21,22). The van der Waals surface area contributed by atoms with Crippen LogP contribution in [0.25, 0.3) is 0 Å². The first kappa shape index (κ1) is 20.5. The van der Waals surface area contributed by atoms with Gasteiger partial charge in [0.05, 0.1) is 17.1 Å². The summed E-state index contributed by atoms with van der Waals surface area (Å²) < 4.78 is 42.9. The molecule has 1 aliphatic rings. The predicted molar refractivity (Wildman–Crippen MR) is 104 cm³/mol. The third-order valence-corrected chi connectivity index (χ3v) is 7.24. The van der Waals surface area contributed by atoms with Gasteiger partial charge in [0.15, 0.2) is 9.84 Å². The summed E-state index contributed by atoms with van der Waals surface area (Å²) in [7, 11) is -3.93. The van der Waals surface area contributed by atoms with E-state index in [-0.39, 0.29) is 11.5 Å². The number of hydrogen-bond acceptors (Lipinski definition) is 6. The monoisotopic (exact) mass is 425 g/mol. The van der Waals surface area contributed by atoms with Crippen LogP contribution in [0.15, 0.2) is 29.2 Å². The lowest BCUT2D eigenvalue weighted by Crippen LogP contribution is -2.23. The van der Waals surface area contributed by atoms with Crippen LogP contribution in [0.3, 0.4) is 0 Å². The third kappa shape index (κ3) is 4.41. The molecule has 1 amide bonds. The Kier molecular flexibility index (Phi) is 6.14. The summed E-state index contributed by atoms with van der Waals surface area (Å²) in [6.07, 6.45) is 3.49. The van der Waals surface area contributed by atoms with Gasteiger partial charge in [-0.1, -0.05) is 0 Å². The van der Waals surface area contributed by atoms with Crippen molar-refractivity contribution in [3.05, 3.63) is 46.1 Å². The molecule has 0 atom stereocenters. The Morgan fingerprint density at radius 3 is 2.54 bits per heavy atom.